The van der Waals surface area contributed by atoms with Crippen molar-refractivity contribution in [2.75, 3.05) is 27.4 Å². The van der Waals surface area contributed by atoms with Gasteiger partial charge in [0.25, 0.3) is 5.91 Å². The van der Waals surface area contributed by atoms with Crippen LogP contribution in [0, 0.1) is 6.92 Å². The van der Waals surface area contributed by atoms with Gasteiger partial charge >= 0.3 is 0 Å². The van der Waals surface area contributed by atoms with E-state index in [9.17, 15) is 4.79 Å². The summed E-state index contributed by atoms with van der Waals surface area (Å²) in [5.74, 6) is 1.93. The van der Waals surface area contributed by atoms with Crippen molar-refractivity contribution in [2.45, 2.75) is 13.3 Å². The molecule has 0 saturated heterocycles. The Kier molecular flexibility index (Phi) is 6.49. The maximum atomic E-state index is 11.8. The standard InChI is InChI=1S/C19H23NO4/c1-14-5-4-6-16(11-14)24-13-19(21)20-10-9-15-7-8-17(22-2)18(12-15)23-3/h4-8,11-12H,9-10,13H2,1-3H3,(H,20,21). The number of rotatable bonds is 8. The number of carbonyl (C=O) groups excluding carboxylic acids is 1. The highest BCUT2D eigenvalue weighted by molar-refractivity contribution is 5.77. The number of nitrogens with one attached hydrogen (secondary N) is 1. The van der Waals surface area contributed by atoms with E-state index in [1.54, 1.807) is 14.2 Å². The second-order valence-electron chi connectivity index (χ2n) is 5.39. The fourth-order valence-corrected chi connectivity index (χ4v) is 2.29. The third-order valence-corrected chi connectivity index (χ3v) is 3.54. The van der Waals surface area contributed by atoms with Crippen molar-refractivity contribution in [2.24, 2.45) is 0 Å². The maximum Gasteiger partial charge on any atom is 0.257 e. The zero-order valence-corrected chi connectivity index (χ0v) is 14.3. The van der Waals surface area contributed by atoms with Gasteiger partial charge in [0.1, 0.15) is 5.75 Å². The summed E-state index contributed by atoms with van der Waals surface area (Å²) in [5.41, 5.74) is 2.16. The van der Waals surface area contributed by atoms with Gasteiger partial charge in [-0.15, -0.1) is 0 Å². The SMILES string of the molecule is COc1ccc(CCNC(=O)COc2cccc(C)c2)cc1OC. The fraction of sp³-hybridized carbons (Fsp3) is 0.316. The molecule has 2 aromatic rings. The van der Waals surface area contributed by atoms with E-state index >= 15 is 0 Å². The summed E-state index contributed by atoms with van der Waals surface area (Å²) in [5, 5.41) is 2.85. The fourth-order valence-electron chi connectivity index (χ4n) is 2.29. The molecule has 0 aromatic heterocycles. The predicted octanol–water partition coefficient (Wildman–Crippen LogP) is 2.75. The minimum Gasteiger partial charge on any atom is -0.493 e. The van der Waals surface area contributed by atoms with E-state index in [4.69, 9.17) is 14.2 Å². The first-order chi connectivity index (χ1) is 11.6. The highest BCUT2D eigenvalue weighted by atomic mass is 16.5. The Bertz CT molecular complexity index is 685. The number of amides is 1. The molecule has 1 N–H and O–H groups in total. The van der Waals surface area contributed by atoms with Gasteiger partial charge in [-0.05, 0) is 48.7 Å². The Morgan fingerprint density at radius 3 is 2.54 bits per heavy atom. The molecule has 0 aliphatic heterocycles. The van der Waals surface area contributed by atoms with Gasteiger partial charge in [-0.25, -0.2) is 0 Å². The molecule has 0 spiro atoms. The van der Waals surface area contributed by atoms with Crippen LogP contribution in [0.4, 0.5) is 0 Å². The lowest BCUT2D eigenvalue weighted by molar-refractivity contribution is -0.123. The van der Waals surface area contributed by atoms with Crippen LogP contribution in [0.3, 0.4) is 0 Å². The van der Waals surface area contributed by atoms with Crippen molar-refractivity contribution in [3.8, 4) is 17.2 Å². The van der Waals surface area contributed by atoms with E-state index < -0.39 is 0 Å². The monoisotopic (exact) mass is 329 g/mol. The number of hydrogen-bond acceptors (Lipinski definition) is 4. The van der Waals surface area contributed by atoms with Crippen molar-refractivity contribution in [1.29, 1.82) is 0 Å². The molecule has 0 aliphatic rings. The Hall–Kier alpha value is -2.69. The summed E-state index contributed by atoms with van der Waals surface area (Å²) in [7, 11) is 3.21. The first kappa shape index (κ1) is 17.7. The van der Waals surface area contributed by atoms with Crippen LogP contribution in [-0.2, 0) is 11.2 Å². The lowest BCUT2D eigenvalue weighted by Gasteiger charge is -2.10. The van der Waals surface area contributed by atoms with Crippen LogP contribution < -0.4 is 19.5 Å². The van der Waals surface area contributed by atoms with Gasteiger partial charge in [0, 0.05) is 6.54 Å². The molecule has 0 atom stereocenters. The Morgan fingerprint density at radius 1 is 1.04 bits per heavy atom. The Balaban J connectivity index is 1.76. The Morgan fingerprint density at radius 2 is 1.83 bits per heavy atom. The smallest absolute Gasteiger partial charge is 0.257 e. The normalized spacial score (nSPS) is 10.1. The molecule has 128 valence electrons. The first-order valence-electron chi connectivity index (χ1n) is 7.79. The molecule has 2 rings (SSSR count). The van der Waals surface area contributed by atoms with Crippen molar-refractivity contribution in [1.82, 2.24) is 5.32 Å². The van der Waals surface area contributed by atoms with Gasteiger partial charge in [-0.1, -0.05) is 18.2 Å². The molecule has 0 unspecified atom stereocenters. The highest BCUT2D eigenvalue weighted by Gasteiger charge is 2.06. The molecule has 2 aromatic carbocycles. The van der Waals surface area contributed by atoms with Gasteiger partial charge in [0.15, 0.2) is 18.1 Å². The molecular weight excluding hydrogens is 306 g/mol. The van der Waals surface area contributed by atoms with Crippen molar-refractivity contribution in [3.05, 3.63) is 53.6 Å². The molecule has 0 aliphatic carbocycles. The van der Waals surface area contributed by atoms with Crippen LogP contribution in [0.15, 0.2) is 42.5 Å². The zero-order valence-electron chi connectivity index (χ0n) is 14.3. The molecule has 5 heteroatoms. The van der Waals surface area contributed by atoms with E-state index in [0.717, 1.165) is 11.1 Å². The van der Waals surface area contributed by atoms with E-state index in [1.807, 2.05) is 49.4 Å². The second-order valence-corrected chi connectivity index (χ2v) is 5.39. The van der Waals surface area contributed by atoms with Crippen molar-refractivity contribution in [3.63, 3.8) is 0 Å². The van der Waals surface area contributed by atoms with E-state index in [0.29, 0.717) is 30.2 Å². The van der Waals surface area contributed by atoms with Crippen molar-refractivity contribution >= 4 is 5.91 Å². The molecular formula is C19H23NO4. The summed E-state index contributed by atoms with van der Waals surface area (Å²) in [6.45, 7) is 2.52. The maximum absolute atomic E-state index is 11.8. The molecule has 0 bridgehead atoms. The average molecular weight is 329 g/mol. The predicted molar refractivity (Wildman–Crippen MR) is 92.9 cm³/mol. The lowest BCUT2D eigenvalue weighted by Crippen LogP contribution is -2.30. The minimum atomic E-state index is -0.142. The van der Waals surface area contributed by atoms with Gasteiger partial charge in [0.2, 0.25) is 0 Å². The summed E-state index contributed by atoms with van der Waals surface area (Å²) in [4.78, 5) is 11.8. The molecule has 0 saturated carbocycles. The molecule has 1 amide bonds. The van der Waals surface area contributed by atoms with Gasteiger partial charge in [-0.3, -0.25) is 4.79 Å². The van der Waals surface area contributed by atoms with E-state index in [1.165, 1.54) is 0 Å². The third-order valence-electron chi connectivity index (χ3n) is 3.54. The first-order valence-corrected chi connectivity index (χ1v) is 7.79. The zero-order chi connectivity index (χ0) is 17.4. The molecule has 5 nitrogen and oxygen atoms in total. The van der Waals surface area contributed by atoms with Gasteiger partial charge in [0.05, 0.1) is 14.2 Å². The average Bonchev–Trinajstić information content (AvgIpc) is 2.60. The van der Waals surface area contributed by atoms with Crippen LogP contribution in [0.1, 0.15) is 11.1 Å². The summed E-state index contributed by atoms with van der Waals surface area (Å²) >= 11 is 0. The van der Waals surface area contributed by atoms with Gasteiger partial charge < -0.3 is 19.5 Å². The number of benzene rings is 2. The van der Waals surface area contributed by atoms with E-state index in [2.05, 4.69) is 5.32 Å². The van der Waals surface area contributed by atoms with Crippen LogP contribution in [-0.4, -0.2) is 33.3 Å². The Labute approximate surface area is 142 Å². The minimum absolute atomic E-state index is 0.00931. The second kappa shape index (κ2) is 8.82. The number of hydrogen-bond donors (Lipinski definition) is 1. The summed E-state index contributed by atoms with van der Waals surface area (Å²) < 4.78 is 15.9. The largest absolute Gasteiger partial charge is 0.493 e. The number of ether oxygens (including phenoxy) is 3. The quantitative estimate of drug-likeness (QED) is 0.809. The molecule has 0 heterocycles. The number of methoxy groups -OCH3 is 2. The number of aryl methyl sites for hydroxylation is 1. The summed E-state index contributed by atoms with van der Waals surface area (Å²) in [6.07, 6.45) is 0.705. The third kappa shape index (κ3) is 5.19. The number of carbonyl (C=O) groups is 1. The van der Waals surface area contributed by atoms with Gasteiger partial charge in [-0.2, -0.15) is 0 Å². The molecule has 24 heavy (non-hydrogen) atoms. The van der Waals surface area contributed by atoms with Crippen LogP contribution in [0.5, 0.6) is 17.2 Å². The van der Waals surface area contributed by atoms with Crippen molar-refractivity contribution < 1.29 is 19.0 Å². The van der Waals surface area contributed by atoms with Crippen LogP contribution in [0.2, 0.25) is 0 Å². The summed E-state index contributed by atoms with van der Waals surface area (Å²) in [6, 6.07) is 13.3. The highest BCUT2D eigenvalue weighted by Crippen LogP contribution is 2.27. The molecule has 0 fully saturated rings. The lowest BCUT2D eigenvalue weighted by atomic mass is 10.1. The van der Waals surface area contributed by atoms with Crippen LogP contribution in [0.25, 0.3) is 0 Å². The topological polar surface area (TPSA) is 56.8 Å². The van der Waals surface area contributed by atoms with E-state index in [-0.39, 0.29) is 12.5 Å². The van der Waals surface area contributed by atoms with Crippen LogP contribution >= 0.6 is 0 Å². The molecule has 0 radical (unpaired) electrons.